The van der Waals surface area contributed by atoms with E-state index in [1.807, 2.05) is 6.07 Å². The average molecular weight is 334 g/mol. The lowest BCUT2D eigenvalue weighted by atomic mass is 10.1. The maximum atomic E-state index is 12.4. The Bertz CT molecular complexity index is 795. The van der Waals surface area contributed by atoms with Crippen LogP contribution in [-0.4, -0.2) is 12.1 Å². The van der Waals surface area contributed by atoms with Crippen LogP contribution in [0.3, 0.4) is 0 Å². The van der Waals surface area contributed by atoms with Crippen LogP contribution in [-0.2, 0) is 6.54 Å². The van der Waals surface area contributed by atoms with E-state index in [9.17, 15) is 18.0 Å². The molecule has 0 amide bonds. The largest absolute Gasteiger partial charge is 0.573 e. The Hall–Kier alpha value is -3.01. The van der Waals surface area contributed by atoms with Gasteiger partial charge in [-0.1, -0.05) is 18.2 Å². The van der Waals surface area contributed by atoms with Crippen molar-refractivity contribution >= 4 is 11.5 Å². The molecule has 0 radical (unpaired) electrons. The number of nitriles is 1. The van der Waals surface area contributed by atoms with Crippen LogP contribution in [0.1, 0.15) is 28.4 Å². The molecule has 0 spiro atoms. The number of rotatable bonds is 5. The van der Waals surface area contributed by atoms with Gasteiger partial charge in [-0.2, -0.15) is 5.26 Å². The Morgan fingerprint density at radius 1 is 1.25 bits per heavy atom. The van der Waals surface area contributed by atoms with Gasteiger partial charge >= 0.3 is 6.36 Å². The zero-order valence-corrected chi connectivity index (χ0v) is 12.6. The number of alkyl halides is 3. The zero-order chi connectivity index (χ0) is 17.7. The number of nitrogens with zero attached hydrogens (tertiary/aromatic N) is 1. The molecule has 2 rings (SSSR count). The summed E-state index contributed by atoms with van der Waals surface area (Å²) in [5.74, 6) is -0.498. The SMILES string of the molecule is CC(=O)c1ccc(C#N)c(NCc2ccccc2OC(F)(F)F)c1. The number of halogens is 3. The van der Waals surface area contributed by atoms with E-state index in [-0.39, 0.29) is 29.2 Å². The number of nitrogens with one attached hydrogen (secondary N) is 1. The number of anilines is 1. The van der Waals surface area contributed by atoms with Gasteiger partial charge in [0, 0.05) is 17.7 Å². The molecule has 0 aliphatic carbocycles. The van der Waals surface area contributed by atoms with Crippen LogP contribution in [0.2, 0.25) is 0 Å². The van der Waals surface area contributed by atoms with Gasteiger partial charge in [0.05, 0.1) is 11.3 Å². The molecule has 124 valence electrons. The topological polar surface area (TPSA) is 62.1 Å². The van der Waals surface area contributed by atoms with E-state index in [4.69, 9.17) is 5.26 Å². The summed E-state index contributed by atoms with van der Waals surface area (Å²) in [6, 6.07) is 12.2. The van der Waals surface area contributed by atoms with Crippen LogP contribution >= 0.6 is 0 Å². The summed E-state index contributed by atoms with van der Waals surface area (Å²) in [5.41, 5.74) is 1.32. The summed E-state index contributed by atoms with van der Waals surface area (Å²) in [4.78, 5) is 11.4. The average Bonchev–Trinajstić information content (AvgIpc) is 2.52. The number of ether oxygens (including phenoxy) is 1. The summed E-state index contributed by atoms with van der Waals surface area (Å²) < 4.78 is 41.2. The minimum absolute atomic E-state index is 0.00227. The third-order valence-electron chi connectivity index (χ3n) is 3.21. The third-order valence-corrected chi connectivity index (χ3v) is 3.21. The predicted molar refractivity (Wildman–Crippen MR) is 81.6 cm³/mol. The molecule has 24 heavy (non-hydrogen) atoms. The van der Waals surface area contributed by atoms with Gasteiger partial charge in [0.15, 0.2) is 5.78 Å². The van der Waals surface area contributed by atoms with E-state index >= 15 is 0 Å². The van der Waals surface area contributed by atoms with Gasteiger partial charge in [0.2, 0.25) is 0 Å². The minimum atomic E-state index is -4.79. The smallest absolute Gasteiger partial charge is 0.405 e. The molecular weight excluding hydrogens is 321 g/mol. The standard InChI is InChI=1S/C17H13F3N2O2/c1-11(23)12-6-7-13(9-21)15(8-12)22-10-14-4-2-3-5-16(14)24-17(18,19)20/h2-8,22H,10H2,1H3. The summed E-state index contributed by atoms with van der Waals surface area (Å²) in [5, 5.41) is 12.0. The van der Waals surface area contributed by atoms with Gasteiger partial charge in [-0.15, -0.1) is 13.2 Å². The second kappa shape index (κ2) is 7.04. The number of hydrogen-bond donors (Lipinski definition) is 1. The Morgan fingerprint density at radius 2 is 1.96 bits per heavy atom. The van der Waals surface area contributed by atoms with Crippen molar-refractivity contribution in [3.8, 4) is 11.8 Å². The fourth-order valence-corrected chi connectivity index (χ4v) is 2.07. The highest BCUT2D eigenvalue weighted by Crippen LogP contribution is 2.27. The molecule has 4 nitrogen and oxygen atoms in total. The molecule has 0 saturated heterocycles. The molecule has 2 aromatic rings. The number of para-hydroxylation sites is 1. The lowest BCUT2D eigenvalue weighted by Crippen LogP contribution is -2.18. The van der Waals surface area contributed by atoms with Gasteiger partial charge in [-0.3, -0.25) is 4.79 Å². The minimum Gasteiger partial charge on any atom is -0.405 e. The summed E-state index contributed by atoms with van der Waals surface area (Å²) in [7, 11) is 0. The van der Waals surface area contributed by atoms with Crippen LogP contribution in [0.15, 0.2) is 42.5 Å². The molecule has 0 unspecified atom stereocenters. The molecule has 0 atom stereocenters. The van der Waals surface area contributed by atoms with E-state index in [1.165, 1.54) is 43.3 Å². The fourth-order valence-electron chi connectivity index (χ4n) is 2.07. The monoisotopic (exact) mass is 334 g/mol. The fraction of sp³-hybridized carbons (Fsp3) is 0.176. The first-order valence-electron chi connectivity index (χ1n) is 6.93. The maximum Gasteiger partial charge on any atom is 0.573 e. The van der Waals surface area contributed by atoms with E-state index in [1.54, 1.807) is 6.07 Å². The first-order valence-corrected chi connectivity index (χ1v) is 6.93. The molecule has 0 aromatic heterocycles. The van der Waals surface area contributed by atoms with Gasteiger partial charge in [-0.05, 0) is 31.2 Å². The Morgan fingerprint density at radius 3 is 2.58 bits per heavy atom. The van der Waals surface area contributed by atoms with E-state index < -0.39 is 6.36 Å². The number of ketones is 1. The molecule has 7 heteroatoms. The molecule has 0 fully saturated rings. The van der Waals surface area contributed by atoms with E-state index in [0.29, 0.717) is 11.3 Å². The summed E-state index contributed by atoms with van der Waals surface area (Å²) in [6.07, 6.45) is -4.79. The number of carbonyl (C=O) groups is 1. The summed E-state index contributed by atoms with van der Waals surface area (Å²) >= 11 is 0. The first-order chi connectivity index (χ1) is 11.3. The van der Waals surface area contributed by atoms with Crippen molar-refractivity contribution < 1.29 is 22.7 Å². The number of hydrogen-bond acceptors (Lipinski definition) is 4. The Kier molecular flexibility index (Phi) is 5.09. The van der Waals surface area contributed by atoms with E-state index in [0.717, 1.165) is 0 Å². The molecule has 2 aromatic carbocycles. The molecule has 0 aliphatic heterocycles. The third kappa shape index (κ3) is 4.49. The van der Waals surface area contributed by atoms with Crippen LogP contribution in [0.25, 0.3) is 0 Å². The van der Waals surface area contributed by atoms with Crippen LogP contribution in [0.5, 0.6) is 5.75 Å². The maximum absolute atomic E-state index is 12.4. The van der Waals surface area contributed by atoms with Crippen molar-refractivity contribution in [1.82, 2.24) is 0 Å². The van der Waals surface area contributed by atoms with Crippen molar-refractivity contribution in [1.29, 1.82) is 5.26 Å². The van der Waals surface area contributed by atoms with Gasteiger partial charge in [0.25, 0.3) is 0 Å². The lowest BCUT2D eigenvalue weighted by molar-refractivity contribution is -0.274. The first kappa shape index (κ1) is 17.3. The number of carbonyl (C=O) groups excluding carboxylic acids is 1. The van der Waals surface area contributed by atoms with Crippen molar-refractivity contribution in [2.24, 2.45) is 0 Å². The highest BCUT2D eigenvalue weighted by molar-refractivity contribution is 5.95. The molecule has 1 N–H and O–H groups in total. The normalized spacial score (nSPS) is 10.8. The van der Waals surface area contributed by atoms with Crippen LogP contribution < -0.4 is 10.1 Å². The molecule has 0 heterocycles. The zero-order valence-electron chi connectivity index (χ0n) is 12.6. The highest BCUT2D eigenvalue weighted by Gasteiger charge is 2.31. The van der Waals surface area contributed by atoms with E-state index in [2.05, 4.69) is 10.1 Å². The van der Waals surface area contributed by atoms with Crippen molar-refractivity contribution in [2.75, 3.05) is 5.32 Å². The van der Waals surface area contributed by atoms with Crippen molar-refractivity contribution in [3.05, 3.63) is 59.2 Å². The number of Topliss-reactive ketones (excluding diaryl/α,β-unsaturated/α-hetero) is 1. The number of benzene rings is 2. The second-order valence-electron chi connectivity index (χ2n) is 4.94. The molecule has 0 saturated carbocycles. The second-order valence-corrected chi connectivity index (χ2v) is 4.94. The Labute approximate surface area is 136 Å². The molecule has 0 aliphatic rings. The van der Waals surface area contributed by atoms with Crippen LogP contribution in [0.4, 0.5) is 18.9 Å². The van der Waals surface area contributed by atoms with Gasteiger partial charge in [0.1, 0.15) is 11.8 Å². The Balaban J connectivity index is 2.24. The predicted octanol–water partition coefficient (Wildman–Crippen LogP) is 4.27. The van der Waals surface area contributed by atoms with Gasteiger partial charge in [-0.25, -0.2) is 0 Å². The highest BCUT2D eigenvalue weighted by atomic mass is 19.4. The molecule has 0 bridgehead atoms. The lowest BCUT2D eigenvalue weighted by Gasteiger charge is -2.15. The van der Waals surface area contributed by atoms with Gasteiger partial charge < -0.3 is 10.1 Å². The van der Waals surface area contributed by atoms with Crippen molar-refractivity contribution in [2.45, 2.75) is 19.8 Å². The summed E-state index contributed by atoms with van der Waals surface area (Å²) in [6.45, 7) is 1.39. The quantitative estimate of drug-likeness (QED) is 0.830. The van der Waals surface area contributed by atoms with Crippen LogP contribution in [0, 0.1) is 11.3 Å². The van der Waals surface area contributed by atoms with Crippen molar-refractivity contribution in [3.63, 3.8) is 0 Å². The molecular formula is C17H13F3N2O2.